The van der Waals surface area contributed by atoms with E-state index in [1.165, 1.54) is 0 Å². The van der Waals surface area contributed by atoms with Gasteiger partial charge >= 0.3 is 0 Å². The Morgan fingerprint density at radius 2 is 2.00 bits per heavy atom. The Labute approximate surface area is 152 Å². The van der Waals surface area contributed by atoms with Crippen LogP contribution in [0.25, 0.3) is 11.5 Å². The highest BCUT2D eigenvalue weighted by atomic mass is 16.3. The van der Waals surface area contributed by atoms with Crippen molar-refractivity contribution in [1.29, 1.82) is 0 Å². The zero-order valence-corrected chi connectivity index (χ0v) is 15.7. The number of hydrogen-bond donors (Lipinski definition) is 1. The summed E-state index contributed by atoms with van der Waals surface area (Å²) in [6.07, 6.45) is 0. The van der Waals surface area contributed by atoms with Crippen molar-refractivity contribution in [2.24, 2.45) is 7.05 Å². The quantitative estimate of drug-likeness (QED) is 0.761. The van der Waals surface area contributed by atoms with Gasteiger partial charge < -0.3 is 9.73 Å². The van der Waals surface area contributed by atoms with Crippen LogP contribution in [0.15, 0.2) is 28.7 Å². The molecular formula is C19H23N5O2. The highest BCUT2D eigenvalue weighted by molar-refractivity contribution is 5.93. The molecule has 3 heterocycles. The van der Waals surface area contributed by atoms with Crippen LogP contribution in [0, 0.1) is 13.8 Å². The molecule has 0 aliphatic heterocycles. The Kier molecular flexibility index (Phi) is 4.88. The van der Waals surface area contributed by atoms with E-state index >= 15 is 0 Å². The fraction of sp³-hybridized carbons (Fsp3) is 0.368. The number of furan rings is 1. The largest absolute Gasteiger partial charge is 0.460 e. The summed E-state index contributed by atoms with van der Waals surface area (Å²) in [5.41, 5.74) is 2.77. The first kappa shape index (κ1) is 17.8. The SMILES string of the molecule is Cc1ccc(-c2cc(C(=O)NCc3cc(C)n(C)n3)nc(C(C)C)n2)o1. The third-order valence-electron chi connectivity index (χ3n) is 4.08. The lowest BCUT2D eigenvalue weighted by atomic mass is 10.1. The summed E-state index contributed by atoms with van der Waals surface area (Å²) in [6, 6.07) is 7.32. The number of rotatable bonds is 5. The number of nitrogens with zero attached hydrogens (tertiary/aromatic N) is 4. The van der Waals surface area contributed by atoms with Gasteiger partial charge in [-0.2, -0.15) is 5.10 Å². The van der Waals surface area contributed by atoms with Gasteiger partial charge in [0.1, 0.15) is 23.0 Å². The number of aromatic nitrogens is 4. The summed E-state index contributed by atoms with van der Waals surface area (Å²) in [5.74, 6) is 1.86. The second-order valence-electron chi connectivity index (χ2n) is 6.64. The molecule has 0 atom stereocenters. The van der Waals surface area contributed by atoms with Crippen LogP contribution in [-0.2, 0) is 13.6 Å². The topological polar surface area (TPSA) is 85.8 Å². The molecule has 3 aromatic rings. The smallest absolute Gasteiger partial charge is 0.270 e. The van der Waals surface area contributed by atoms with Crippen molar-refractivity contribution < 1.29 is 9.21 Å². The van der Waals surface area contributed by atoms with Crippen molar-refractivity contribution in [2.45, 2.75) is 40.2 Å². The maximum Gasteiger partial charge on any atom is 0.270 e. The first-order valence-electron chi connectivity index (χ1n) is 8.57. The molecule has 0 saturated heterocycles. The minimum atomic E-state index is -0.262. The molecule has 0 aliphatic carbocycles. The van der Waals surface area contributed by atoms with Gasteiger partial charge in [-0.05, 0) is 38.1 Å². The molecule has 0 fully saturated rings. The van der Waals surface area contributed by atoms with Crippen LogP contribution in [0.3, 0.4) is 0 Å². The Hall–Kier alpha value is -2.96. The van der Waals surface area contributed by atoms with Gasteiger partial charge in [-0.1, -0.05) is 13.8 Å². The van der Waals surface area contributed by atoms with Gasteiger partial charge in [0, 0.05) is 18.7 Å². The molecule has 3 aromatic heterocycles. The van der Waals surface area contributed by atoms with Gasteiger partial charge in [-0.15, -0.1) is 0 Å². The summed E-state index contributed by atoms with van der Waals surface area (Å²) in [6.45, 7) is 8.16. The first-order valence-corrected chi connectivity index (χ1v) is 8.57. The Balaban J connectivity index is 1.85. The van der Waals surface area contributed by atoms with Crippen LogP contribution in [0.1, 0.15) is 53.2 Å². The van der Waals surface area contributed by atoms with Gasteiger partial charge in [0.25, 0.3) is 5.91 Å². The molecule has 3 rings (SSSR count). The normalized spacial score (nSPS) is 11.2. The fourth-order valence-corrected chi connectivity index (χ4v) is 2.52. The molecule has 0 bridgehead atoms. The van der Waals surface area contributed by atoms with Crippen LogP contribution in [0.5, 0.6) is 0 Å². The predicted octanol–water partition coefficient (Wildman–Crippen LogP) is 3.14. The Bertz CT molecular complexity index is 920. The molecule has 26 heavy (non-hydrogen) atoms. The van der Waals surface area contributed by atoms with Gasteiger partial charge in [-0.25, -0.2) is 9.97 Å². The number of hydrogen-bond acceptors (Lipinski definition) is 5. The monoisotopic (exact) mass is 353 g/mol. The fourth-order valence-electron chi connectivity index (χ4n) is 2.52. The average molecular weight is 353 g/mol. The van der Waals surface area contributed by atoms with Crippen molar-refractivity contribution in [1.82, 2.24) is 25.1 Å². The molecule has 0 spiro atoms. The number of carbonyl (C=O) groups excluding carboxylic acids is 1. The molecule has 0 saturated carbocycles. The van der Waals surface area contributed by atoms with E-state index in [4.69, 9.17) is 4.42 Å². The van der Waals surface area contributed by atoms with Crippen LogP contribution < -0.4 is 5.32 Å². The van der Waals surface area contributed by atoms with Gasteiger partial charge in [-0.3, -0.25) is 9.48 Å². The number of amides is 1. The van der Waals surface area contributed by atoms with Crippen LogP contribution in [-0.4, -0.2) is 25.7 Å². The van der Waals surface area contributed by atoms with Gasteiger partial charge in [0.15, 0.2) is 5.76 Å². The van der Waals surface area contributed by atoms with Gasteiger partial charge in [0.2, 0.25) is 0 Å². The lowest BCUT2D eigenvalue weighted by molar-refractivity contribution is 0.0945. The van der Waals surface area contributed by atoms with Crippen molar-refractivity contribution in [3.05, 3.63) is 52.9 Å². The third kappa shape index (κ3) is 3.82. The molecule has 7 heteroatoms. The average Bonchev–Trinajstić information content (AvgIpc) is 3.18. The van der Waals surface area contributed by atoms with Crippen molar-refractivity contribution in [2.75, 3.05) is 0 Å². The third-order valence-corrected chi connectivity index (χ3v) is 4.08. The maximum atomic E-state index is 12.6. The lowest BCUT2D eigenvalue weighted by Crippen LogP contribution is -2.25. The molecule has 0 aliphatic rings. The lowest BCUT2D eigenvalue weighted by Gasteiger charge is -2.09. The minimum absolute atomic E-state index is 0.0935. The number of carbonyl (C=O) groups is 1. The highest BCUT2D eigenvalue weighted by Crippen LogP contribution is 2.22. The van der Waals surface area contributed by atoms with Gasteiger partial charge in [0.05, 0.1) is 12.2 Å². The number of aryl methyl sites for hydroxylation is 3. The van der Waals surface area contributed by atoms with Crippen LogP contribution >= 0.6 is 0 Å². The molecule has 136 valence electrons. The minimum Gasteiger partial charge on any atom is -0.460 e. The van der Waals surface area contributed by atoms with E-state index in [0.717, 1.165) is 17.1 Å². The summed E-state index contributed by atoms with van der Waals surface area (Å²) < 4.78 is 7.43. The van der Waals surface area contributed by atoms with E-state index < -0.39 is 0 Å². The Morgan fingerprint density at radius 1 is 1.23 bits per heavy atom. The highest BCUT2D eigenvalue weighted by Gasteiger charge is 2.16. The van der Waals surface area contributed by atoms with Crippen molar-refractivity contribution in [3.63, 3.8) is 0 Å². The molecular weight excluding hydrogens is 330 g/mol. The van der Waals surface area contributed by atoms with E-state index in [1.807, 2.05) is 52.9 Å². The number of nitrogens with one attached hydrogen (secondary N) is 1. The second-order valence-corrected chi connectivity index (χ2v) is 6.64. The van der Waals surface area contributed by atoms with E-state index in [-0.39, 0.29) is 11.8 Å². The summed E-state index contributed by atoms with van der Waals surface area (Å²) >= 11 is 0. The zero-order valence-electron chi connectivity index (χ0n) is 15.7. The maximum absolute atomic E-state index is 12.6. The van der Waals surface area contributed by atoms with E-state index in [2.05, 4.69) is 20.4 Å². The van der Waals surface area contributed by atoms with Crippen molar-refractivity contribution >= 4 is 5.91 Å². The van der Waals surface area contributed by atoms with E-state index in [0.29, 0.717) is 29.5 Å². The molecule has 0 unspecified atom stereocenters. The molecule has 0 aromatic carbocycles. The molecule has 1 amide bonds. The van der Waals surface area contributed by atoms with Crippen molar-refractivity contribution in [3.8, 4) is 11.5 Å². The zero-order chi connectivity index (χ0) is 18.8. The predicted molar refractivity (Wildman–Crippen MR) is 97.7 cm³/mol. The van der Waals surface area contributed by atoms with Crippen LogP contribution in [0.2, 0.25) is 0 Å². The molecule has 7 nitrogen and oxygen atoms in total. The van der Waals surface area contributed by atoms with E-state index in [9.17, 15) is 4.79 Å². The standard InChI is InChI=1S/C19H23N5O2/c1-11(2)18-21-15(17-7-6-13(4)26-17)9-16(22-18)19(25)20-10-14-8-12(3)24(5)23-14/h6-9,11H,10H2,1-5H3,(H,20,25). The molecule has 1 N–H and O–H groups in total. The summed E-state index contributed by atoms with van der Waals surface area (Å²) in [7, 11) is 1.87. The van der Waals surface area contributed by atoms with Crippen LogP contribution in [0.4, 0.5) is 0 Å². The first-order chi connectivity index (χ1) is 12.3. The Morgan fingerprint density at radius 3 is 2.58 bits per heavy atom. The summed E-state index contributed by atoms with van der Waals surface area (Å²) in [4.78, 5) is 21.5. The van der Waals surface area contributed by atoms with E-state index in [1.54, 1.807) is 10.7 Å². The molecule has 0 radical (unpaired) electrons. The summed E-state index contributed by atoms with van der Waals surface area (Å²) in [5, 5.41) is 7.21. The second kappa shape index (κ2) is 7.11.